The van der Waals surface area contributed by atoms with Crippen LogP contribution >= 0.6 is 11.6 Å². The number of aryl methyl sites for hydroxylation is 1. The fraction of sp³-hybridized carbons (Fsp3) is 0.188. The lowest BCUT2D eigenvalue weighted by molar-refractivity contribution is -0.274. The molecule has 1 aromatic heterocycles. The summed E-state index contributed by atoms with van der Waals surface area (Å²) >= 11 is 5.80. The van der Waals surface area contributed by atoms with Crippen LogP contribution in [-0.4, -0.2) is 26.2 Å². The van der Waals surface area contributed by atoms with Crippen LogP contribution in [0.4, 0.5) is 18.9 Å². The van der Waals surface area contributed by atoms with E-state index in [9.17, 15) is 18.0 Å². The van der Waals surface area contributed by atoms with Crippen molar-refractivity contribution in [3.8, 4) is 11.4 Å². The van der Waals surface area contributed by atoms with Crippen molar-refractivity contribution in [3.05, 3.63) is 63.0 Å². The molecule has 3 rings (SSSR count). The number of anilines is 1. The Morgan fingerprint density at radius 2 is 1.93 bits per heavy atom. The molecule has 142 valence electrons. The average molecular weight is 400 g/mol. The topological polar surface area (TPSA) is 88.0 Å². The van der Waals surface area contributed by atoms with Gasteiger partial charge in [-0.25, -0.2) is 4.79 Å². The van der Waals surface area contributed by atoms with Crippen LogP contribution in [0, 0.1) is 6.92 Å². The number of aromatic nitrogens is 4. The normalized spacial score (nSPS) is 11.6. The lowest BCUT2D eigenvalue weighted by Gasteiger charge is -2.10. The van der Waals surface area contributed by atoms with E-state index in [0.717, 1.165) is 32.6 Å². The van der Waals surface area contributed by atoms with Gasteiger partial charge in [0.15, 0.2) is 0 Å². The summed E-state index contributed by atoms with van der Waals surface area (Å²) in [6.45, 7) is 1.99. The lowest BCUT2D eigenvalue weighted by Crippen LogP contribution is -2.25. The number of ether oxygens (including phenoxy) is 1. The molecule has 2 aromatic carbocycles. The molecule has 2 N–H and O–H groups in total. The van der Waals surface area contributed by atoms with Gasteiger partial charge < -0.3 is 10.5 Å². The third-order valence-corrected chi connectivity index (χ3v) is 3.99. The number of rotatable bonds is 4. The smallest absolute Gasteiger partial charge is 0.404 e. The van der Waals surface area contributed by atoms with Crippen molar-refractivity contribution in [2.45, 2.75) is 19.8 Å². The highest BCUT2D eigenvalue weighted by Crippen LogP contribution is 2.31. The van der Waals surface area contributed by atoms with Crippen LogP contribution in [0.25, 0.3) is 5.69 Å². The van der Waals surface area contributed by atoms with Gasteiger partial charge in [0.2, 0.25) is 0 Å². The van der Waals surface area contributed by atoms with Crippen LogP contribution in [-0.2, 0) is 6.54 Å². The average Bonchev–Trinajstić information content (AvgIpc) is 2.93. The fourth-order valence-electron chi connectivity index (χ4n) is 2.37. The highest BCUT2D eigenvalue weighted by Gasteiger charge is 2.32. The number of hydrogen-bond donors (Lipinski definition) is 1. The molecule has 0 aliphatic carbocycles. The third kappa shape index (κ3) is 4.22. The maximum absolute atomic E-state index is 12.5. The first-order valence-corrected chi connectivity index (χ1v) is 7.95. The van der Waals surface area contributed by atoms with Gasteiger partial charge in [0, 0.05) is 5.69 Å². The number of hydrogen-bond acceptors (Lipinski definition) is 5. The molecule has 0 bridgehead atoms. The number of nitrogen functional groups attached to an aromatic ring is 1. The third-order valence-electron chi connectivity index (χ3n) is 3.69. The molecule has 0 fully saturated rings. The van der Waals surface area contributed by atoms with E-state index in [-0.39, 0.29) is 17.3 Å². The summed E-state index contributed by atoms with van der Waals surface area (Å²) in [5, 5.41) is 7.20. The molecule has 0 atom stereocenters. The number of halogens is 4. The van der Waals surface area contributed by atoms with Crippen LogP contribution in [0.5, 0.6) is 5.75 Å². The van der Waals surface area contributed by atoms with E-state index >= 15 is 0 Å². The van der Waals surface area contributed by atoms with Gasteiger partial charge in [-0.3, -0.25) is 0 Å². The van der Waals surface area contributed by atoms with E-state index in [1.54, 1.807) is 12.1 Å². The second-order valence-electron chi connectivity index (χ2n) is 5.68. The first-order chi connectivity index (χ1) is 12.6. The highest BCUT2D eigenvalue weighted by atomic mass is 35.5. The van der Waals surface area contributed by atoms with Crippen LogP contribution in [0.3, 0.4) is 0 Å². The van der Waals surface area contributed by atoms with Crippen molar-refractivity contribution in [1.29, 1.82) is 0 Å². The van der Waals surface area contributed by atoms with Crippen molar-refractivity contribution in [3.63, 3.8) is 0 Å². The second-order valence-corrected chi connectivity index (χ2v) is 6.09. The maximum Gasteiger partial charge on any atom is 0.573 e. The van der Waals surface area contributed by atoms with Gasteiger partial charge in [-0.05, 0) is 52.7 Å². The molecule has 0 unspecified atom stereocenters. The molecular formula is C16H13ClF3N5O2. The molecule has 7 nitrogen and oxygen atoms in total. The minimum Gasteiger partial charge on any atom is -0.404 e. The monoisotopic (exact) mass is 399 g/mol. The van der Waals surface area contributed by atoms with E-state index in [0.29, 0.717) is 5.69 Å². The molecule has 0 radical (unpaired) electrons. The van der Waals surface area contributed by atoms with Gasteiger partial charge in [-0.15, -0.1) is 13.2 Å². The molecule has 1 heterocycles. The largest absolute Gasteiger partial charge is 0.573 e. The number of nitrogens with zero attached hydrogens (tertiary/aromatic N) is 4. The van der Waals surface area contributed by atoms with Gasteiger partial charge in [0.1, 0.15) is 5.75 Å². The van der Waals surface area contributed by atoms with Crippen LogP contribution < -0.4 is 16.2 Å². The summed E-state index contributed by atoms with van der Waals surface area (Å²) in [6.07, 6.45) is -4.87. The van der Waals surface area contributed by atoms with E-state index < -0.39 is 17.8 Å². The molecule has 0 saturated heterocycles. The van der Waals surface area contributed by atoms with Crippen LogP contribution in [0.1, 0.15) is 11.1 Å². The second kappa shape index (κ2) is 6.95. The first kappa shape index (κ1) is 18.8. The lowest BCUT2D eigenvalue weighted by atomic mass is 10.1. The fourth-order valence-corrected chi connectivity index (χ4v) is 2.59. The Morgan fingerprint density at radius 3 is 2.56 bits per heavy atom. The summed E-state index contributed by atoms with van der Waals surface area (Å²) < 4.78 is 42.7. The maximum atomic E-state index is 12.5. The minimum atomic E-state index is -4.87. The number of alkyl halides is 3. The van der Waals surface area contributed by atoms with Gasteiger partial charge in [0.05, 0.1) is 17.3 Å². The first-order valence-electron chi connectivity index (χ1n) is 7.57. The zero-order chi connectivity index (χ0) is 19.8. The van der Waals surface area contributed by atoms with Gasteiger partial charge in [-0.1, -0.05) is 23.7 Å². The Labute approximate surface area is 155 Å². The van der Waals surface area contributed by atoms with Crippen LogP contribution in [0.2, 0.25) is 5.02 Å². The van der Waals surface area contributed by atoms with Crippen molar-refractivity contribution in [2.24, 2.45) is 0 Å². The van der Waals surface area contributed by atoms with E-state index in [1.807, 2.05) is 13.0 Å². The Morgan fingerprint density at radius 1 is 1.19 bits per heavy atom. The molecule has 0 aliphatic heterocycles. The molecule has 11 heteroatoms. The number of tetrazole rings is 1. The van der Waals surface area contributed by atoms with Gasteiger partial charge in [-0.2, -0.15) is 9.36 Å². The van der Waals surface area contributed by atoms with Crippen molar-refractivity contribution >= 4 is 17.3 Å². The molecule has 0 amide bonds. The SMILES string of the molecule is Cc1cc(Cn2nnn(-c3ccc(OC(F)(F)F)c(Cl)c3)c2=O)ccc1N. The molecule has 0 spiro atoms. The van der Waals surface area contributed by atoms with Gasteiger partial charge in [0.25, 0.3) is 0 Å². The van der Waals surface area contributed by atoms with Crippen LogP contribution in [0.15, 0.2) is 41.2 Å². The molecule has 27 heavy (non-hydrogen) atoms. The van der Waals surface area contributed by atoms with Crippen molar-refractivity contribution in [2.75, 3.05) is 5.73 Å². The predicted molar refractivity (Wildman–Crippen MR) is 92.0 cm³/mol. The molecule has 0 saturated carbocycles. The molecule has 0 aliphatic rings. The van der Waals surface area contributed by atoms with E-state index in [2.05, 4.69) is 15.2 Å². The number of benzene rings is 2. The summed E-state index contributed by atoms with van der Waals surface area (Å²) in [5.74, 6) is -0.578. The summed E-state index contributed by atoms with van der Waals surface area (Å²) in [6, 6.07) is 8.66. The number of nitrogens with two attached hydrogens (primary N) is 1. The van der Waals surface area contributed by atoms with Gasteiger partial charge >= 0.3 is 12.1 Å². The Hall–Kier alpha value is -3.01. The highest BCUT2D eigenvalue weighted by molar-refractivity contribution is 6.32. The minimum absolute atomic E-state index is 0.152. The zero-order valence-electron chi connectivity index (χ0n) is 13.9. The van der Waals surface area contributed by atoms with E-state index in [4.69, 9.17) is 17.3 Å². The standard InChI is InChI=1S/C16H13ClF3N5O2/c1-9-6-10(2-4-13(9)21)8-24-15(26)25(23-22-24)11-3-5-14(12(17)7-11)27-16(18,19)20/h2-7H,8,21H2,1H3. The zero-order valence-corrected chi connectivity index (χ0v) is 14.6. The van der Waals surface area contributed by atoms with Crippen molar-refractivity contribution in [1.82, 2.24) is 19.8 Å². The summed E-state index contributed by atoms with van der Waals surface area (Å²) in [7, 11) is 0. The van der Waals surface area contributed by atoms with E-state index in [1.165, 1.54) is 6.07 Å². The summed E-state index contributed by atoms with van der Waals surface area (Å²) in [4.78, 5) is 12.5. The summed E-state index contributed by atoms with van der Waals surface area (Å²) in [5.41, 5.74) is 7.62. The Bertz CT molecular complexity index is 1050. The quantitative estimate of drug-likeness (QED) is 0.681. The molecule has 3 aromatic rings. The predicted octanol–water partition coefficient (Wildman–Crippen LogP) is 2.92. The Balaban J connectivity index is 1.87. The van der Waals surface area contributed by atoms with Crippen molar-refractivity contribution < 1.29 is 17.9 Å². The molecular weight excluding hydrogens is 387 g/mol. The Kier molecular flexibility index (Phi) is 4.83.